The Morgan fingerprint density at radius 3 is 2.72 bits per heavy atom. The van der Waals surface area contributed by atoms with Crippen molar-refractivity contribution in [2.45, 2.75) is 12.5 Å². The first-order chi connectivity index (χ1) is 8.69. The lowest BCUT2D eigenvalue weighted by atomic mass is 9.94. The molecule has 1 unspecified atom stereocenters. The second kappa shape index (κ2) is 5.46. The summed E-state index contributed by atoms with van der Waals surface area (Å²) in [4.78, 5) is 18.7. The van der Waals surface area contributed by atoms with E-state index in [1.165, 1.54) is 7.11 Å². The maximum atomic E-state index is 12.2. The molecular weight excluding hydrogens is 230 g/mol. The van der Waals surface area contributed by atoms with Crippen molar-refractivity contribution in [3.05, 3.63) is 30.1 Å². The van der Waals surface area contributed by atoms with Crippen LogP contribution >= 0.6 is 0 Å². The van der Waals surface area contributed by atoms with Crippen molar-refractivity contribution >= 4 is 5.97 Å². The molecule has 0 saturated carbocycles. The zero-order chi connectivity index (χ0) is 13.0. The van der Waals surface area contributed by atoms with Crippen molar-refractivity contribution in [2.24, 2.45) is 0 Å². The van der Waals surface area contributed by atoms with Gasteiger partial charge in [-0.3, -0.25) is 9.88 Å². The molecule has 1 aliphatic heterocycles. The van der Waals surface area contributed by atoms with Crippen molar-refractivity contribution in [1.29, 1.82) is 0 Å². The Morgan fingerprint density at radius 1 is 1.44 bits per heavy atom. The first-order valence-corrected chi connectivity index (χ1v) is 6.15. The Bertz CT molecular complexity index is 404. The number of hydrogen-bond acceptors (Lipinski definition) is 5. The summed E-state index contributed by atoms with van der Waals surface area (Å²) in [6.45, 7) is 5.25. The van der Waals surface area contributed by atoms with Crippen LogP contribution in [0.1, 0.15) is 12.6 Å². The summed E-state index contributed by atoms with van der Waals surface area (Å²) >= 11 is 0. The number of aromatic nitrogens is 1. The third-order valence-corrected chi connectivity index (χ3v) is 3.50. The van der Waals surface area contributed by atoms with Crippen LogP contribution in [0, 0.1) is 0 Å². The number of pyridine rings is 1. The molecule has 1 aromatic rings. The molecule has 1 N–H and O–H groups in total. The van der Waals surface area contributed by atoms with E-state index in [0.717, 1.165) is 31.9 Å². The molecule has 0 spiro atoms. The lowest BCUT2D eigenvalue weighted by Crippen LogP contribution is -2.57. The number of esters is 1. The van der Waals surface area contributed by atoms with Gasteiger partial charge in [-0.25, -0.2) is 4.79 Å². The Labute approximate surface area is 107 Å². The summed E-state index contributed by atoms with van der Waals surface area (Å²) in [5, 5.41) is 3.28. The highest BCUT2D eigenvalue weighted by Gasteiger charge is 2.43. The van der Waals surface area contributed by atoms with E-state index in [9.17, 15) is 4.79 Å². The van der Waals surface area contributed by atoms with E-state index in [4.69, 9.17) is 4.74 Å². The van der Waals surface area contributed by atoms with Crippen LogP contribution < -0.4 is 5.32 Å². The predicted molar refractivity (Wildman–Crippen MR) is 68.0 cm³/mol. The third kappa shape index (κ3) is 2.23. The molecule has 0 bridgehead atoms. The number of piperazine rings is 1. The van der Waals surface area contributed by atoms with Crippen molar-refractivity contribution in [3.63, 3.8) is 0 Å². The Kier molecular flexibility index (Phi) is 3.93. The molecule has 1 atom stereocenters. The quantitative estimate of drug-likeness (QED) is 0.785. The fraction of sp³-hybridized carbons (Fsp3) is 0.538. The van der Waals surface area contributed by atoms with Gasteiger partial charge in [0, 0.05) is 32.4 Å². The number of ether oxygens (including phenoxy) is 1. The number of methoxy groups -OCH3 is 1. The highest BCUT2D eigenvalue weighted by molar-refractivity contribution is 5.81. The summed E-state index contributed by atoms with van der Waals surface area (Å²) in [5.41, 5.74) is -0.0725. The molecule has 1 saturated heterocycles. The molecule has 0 radical (unpaired) electrons. The summed E-state index contributed by atoms with van der Waals surface area (Å²) in [6.07, 6.45) is 1.71. The molecule has 5 heteroatoms. The molecule has 1 fully saturated rings. The molecule has 2 heterocycles. The maximum absolute atomic E-state index is 12.2. The molecule has 0 aliphatic carbocycles. The van der Waals surface area contributed by atoms with Crippen LogP contribution in [-0.2, 0) is 15.1 Å². The molecule has 0 aromatic carbocycles. The molecule has 1 aromatic heterocycles. The predicted octanol–water partition coefficient (Wildman–Crippen LogP) is 0.375. The van der Waals surface area contributed by atoms with Gasteiger partial charge in [-0.2, -0.15) is 0 Å². The van der Waals surface area contributed by atoms with Crippen LogP contribution in [0.3, 0.4) is 0 Å². The highest BCUT2D eigenvalue weighted by Crippen LogP contribution is 2.28. The minimum Gasteiger partial charge on any atom is -0.467 e. The largest absolute Gasteiger partial charge is 0.467 e. The zero-order valence-corrected chi connectivity index (χ0v) is 10.8. The maximum Gasteiger partial charge on any atom is 0.332 e. The van der Waals surface area contributed by atoms with E-state index in [0.29, 0.717) is 0 Å². The van der Waals surface area contributed by atoms with Crippen molar-refractivity contribution < 1.29 is 9.53 Å². The fourth-order valence-corrected chi connectivity index (χ4v) is 2.36. The van der Waals surface area contributed by atoms with Crippen LogP contribution in [0.4, 0.5) is 0 Å². The molecule has 1 aliphatic rings. The highest BCUT2D eigenvalue weighted by atomic mass is 16.5. The normalized spacial score (nSPS) is 20.1. The third-order valence-electron chi connectivity index (χ3n) is 3.50. The minimum atomic E-state index is -0.807. The van der Waals surface area contributed by atoms with Crippen molar-refractivity contribution in [1.82, 2.24) is 15.2 Å². The van der Waals surface area contributed by atoms with Gasteiger partial charge in [0.25, 0.3) is 0 Å². The Balaban J connectivity index is 2.36. The first kappa shape index (κ1) is 13.0. The van der Waals surface area contributed by atoms with Crippen LogP contribution in [0.25, 0.3) is 0 Å². The number of nitrogens with zero attached hydrogens (tertiary/aromatic N) is 2. The smallest absolute Gasteiger partial charge is 0.332 e. The van der Waals surface area contributed by atoms with E-state index < -0.39 is 5.54 Å². The molecule has 0 amide bonds. The lowest BCUT2D eigenvalue weighted by molar-refractivity contribution is -0.156. The average molecular weight is 249 g/mol. The summed E-state index contributed by atoms with van der Waals surface area (Å²) in [5.74, 6) is -0.261. The minimum absolute atomic E-state index is 0.261. The Morgan fingerprint density at radius 2 is 2.17 bits per heavy atom. The van der Waals surface area contributed by atoms with Crippen LogP contribution in [-0.4, -0.2) is 49.1 Å². The SMILES string of the molecule is COC(=O)C(C)(c1ccccn1)N1CCNCC1. The number of carbonyl (C=O) groups is 1. The standard InChI is InChI=1S/C13H19N3O2/c1-13(12(17)18-2,11-5-3-4-6-15-11)16-9-7-14-8-10-16/h3-6,14H,7-10H2,1-2H3. The molecule has 18 heavy (non-hydrogen) atoms. The Hall–Kier alpha value is -1.46. The summed E-state index contributed by atoms with van der Waals surface area (Å²) < 4.78 is 4.98. The lowest BCUT2D eigenvalue weighted by Gasteiger charge is -2.40. The molecule has 98 valence electrons. The van der Waals surface area contributed by atoms with Crippen LogP contribution in [0.2, 0.25) is 0 Å². The van der Waals surface area contributed by atoms with Gasteiger partial charge in [-0.1, -0.05) is 6.07 Å². The topological polar surface area (TPSA) is 54.5 Å². The van der Waals surface area contributed by atoms with Crippen molar-refractivity contribution in [2.75, 3.05) is 33.3 Å². The molecular formula is C13H19N3O2. The van der Waals surface area contributed by atoms with Crippen molar-refractivity contribution in [3.8, 4) is 0 Å². The average Bonchev–Trinajstić information content (AvgIpc) is 2.47. The van der Waals surface area contributed by atoms with Gasteiger partial charge < -0.3 is 10.1 Å². The first-order valence-electron chi connectivity index (χ1n) is 6.15. The molecule has 5 nitrogen and oxygen atoms in total. The number of rotatable bonds is 3. The molecule has 2 rings (SSSR count). The summed E-state index contributed by atoms with van der Waals surface area (Å²) in [7, 11) is 1.42. The van der Waals surface area contributed by atoms with Gasteiger partial charge >= 0.3 is 5.97 Å². The van der Waals surface area contributed by atoms with Crippen LogP contribution in [0.15, 0.2) is 24.4 Å². The fourth-order valence-electron chi connectivity index (χ4n) is 2.36. The van der Waals surface area contributed by atoms with E-state index >= 15 is 0 Å². The summed E-state index contributed by atoms with van der Waals surface area (Å²) in [6, 6.07) is 5.61. The van der Waals surface area contributed by atoms with Gasteiger partial charge in [0.05, 0.1) is 12.8 Å². The monoisotopic (exact) mass is 249 g/mol. The number of nitrogens with one attached hydrogen (secondary N) is 1. The van der Waals surface area contributed by atoms with Gasteiger partial charge in [0.1, 0.15) is 0 Å². The van der Waals surface area contributed by atoms with Gasteiger partial charge in [-0.15, -0.1) is 0 Å². The van der Waals surface area contributed by atoms with Gasteiger partial charge in [-0.05, 0) is 19.1 Å². The number of hydrogen-bond donors (Lipinski definition) is 1. The van der Waals surface area contributed by atoms with Gasteiger partial charge in [0.2, 0.25) is 0 Å². The second-order valence-corrected chi connectivity index (χ2v) is 4.52. The second-order valence-electron chi connectivity index (χ2n) is 4.52. The van der Waals surface area contributed by atoms with E-state index in [-0.39, 0.29) is 5.97 Å². The zero-order valence-electron chi connectivity index (χ0n) is 10.8. The van der Waals surface area contributed by atoms with Gasteiger partial charge in [0.15, 0.2) is 5.54 Å². The van der Waals surface area contributed by atoms with Crippen LogP contribution in [0.5, 0.6) is 0 Å². The van der Waals surface area contributed by atoms with E-state index in [2.05, 4.69) is 15.2 Å². The van der Waals surface area contributed by atoms with E-state index in [1.54, 1.807) is 6.20 Å². The van der Waals surface area contributed by atoms with E-state index in [1.807, 2.05) is 25.1 Å². The number of carbonyl (C=O) groups excluding carboxylic acids is 1.